The summed E-state index contributed by atoms with van der Waals surface area (Å²) in [4.78, 5) is 8.39. The molecule has 0 fully saturated rings. The highest BCUT2D eigenvalue weighted by Crippen LogP contribution is 2.23. The maximum absolute atomic E-state index is 4.19. The fourth-order valence-electron chi connectivity index (χ4n) is 1.06. The Morgan fingerprint density at radius 1 is 0.857 bits per heavy atom. The minimum absolute atomic E-state index is 0.811. The summed E-state index contributed by atoms with van der Waals surface area (Å²) < 4.78 is 1.76. The SMILES string of the molecule is BrN(c1ccccn1)c1ccccn1. The third-order valence-corrected chi connectivity index (χ3v) is 2.43. The van der Waals surface area contributed by atoms with Crippen molar-refractivity contribution < 1.29 is 0 Å². The number of pyridine rings is 2. The molecule has 2 heterocycles. The van der Waals surface area contributed by atoms with E-state index in [2.05, 4.69) is 26.1 Å². The Bertz CT molecular complexity index is 351. The lowest BCUT2D eigenvalue weighted by molar-refractivity contribution is 1.20. The van der Waals surface area contributed by atoms with Gasteiger partial charge in [-0.2, -0.15) is 0 Å². The molecule has 14 heavy (non-hydrogen) atoms. The van der Waals surface area contributed by atoms with Crippen molar-refractivity contribution in [2.75, 3.05) is 3.93 Å². The van der Waals surface area contributed by atoms with Gasteiger partial charge in [0.05, 0.1) is 16.1 Å². The first-order valence-corrected chi connectivity index (χ1v) is 4.87. The Hall–Kier alpha value is -1.42. The predicted molar refractivity (Wildman–Crippen MR) is 59.5 cm³/mol. The molecule has 0 unspecified atom stereocenters. The lowest BCUT2D eigenvalue weighted by atomic mass is 10.4. The van der Waals surface area contributed by atoms with Gasteiger partial charge in [-0.25, -0.2) is 13.9 Å². The van der Waals surface area contributed by atoms with Gasteiger partial charge in [-0.1, -0.05) is 12.1 Å². The molecule has 0 saturated carbocycles. The molecule has 0 spiro atoms. The molecule has 0 aliphatic carbocycles. The van der Waals surface area contributed by atoms with E-state index in [0.29, 0.717) is 0 Å². The highest BCUT2D eigenvalue weighted by atomic mass is 79.9. The summed E-state index contributed by atoms with van der Waals surface area (Å²) in [6, 6.07) is 11.4. The van der Waals surface area contributed by atoms with Crippen LogP contribution in [-0.2, 0) is 0 Å². The molecule has 0 saturated heterocycles. The second-order valence-corrected chi connectivity index (χ2v) is 3.37. The quantitative estimate of drug-likeness (QED) is 0.767. The Morgan fingerprint density at radius 3 is 1.71 bits per heavy atom. The van der Waals surface area contributed by atoms with Gasteiger partial charge in [0, 0.05) is 12.4 Å². The molecule has 2 aromatic rings. The van der Waals surface area contributed by atoms with Crippen molar-refractivity contribution >= 4 is 27.8 Å². The number of halogens is 1. The average molecular weight is 250 g/mol. The first-order valence-electron chi connectivity index (χ1n) is 4.16. The van der Waals surface area contributed by atoms with Gasteiger partial charge in [0.25, 0.3) is 0 Å². The lowest BCUT2D eigenvalue weighted by Crippen LogP contribution is -2.04. The Labute approximate surface area is 90.8 Å². The molecule has 70 valence electrons. The number of rotatable bonds is 2. The van der Waals surface area contributed by atoms with Crippen LogP contribution in [0.15, 0.2) is 48.8 Å². The largest absolute Gasteiger partial charge is 0.243 e. The van der Waals surface area contributed by atoms with Crippen molar-refractivity contribution in [1.82, 2.24) is 9.97 Å². The summed E-state index contributed by atoms with van der Waals surface area (Å²) in [6.45, 7) is 0. The van der Waals surface area contributed by atoms with Gasteiger partial charge in [-0.3, -0.25) is 0 Å². The van der Waals surface area contributed by atoms with Crippen LogP contribution >= 0.6 is 16.1 Å². The monoisotopic (exact) mass is 249 g/mol. The number of aromatic nitrogens is 2. The van der Waals surface area contributed by atoms with Crippen molar-refractivity contribution in [3.8, 4) is 0 Å². The first-order chi connectivity index (χ1) is 6.88. The third-order valence-electron chi connectivity index (χ3n) is 1.70. The van der Waals surface area contributed by atoms with Crippen LogP contribution in [-0.4, -0.2) is 9.97 Å². The van der Waals surface area contributed by atoms with E-state index in [0.717, 1.165) is 11.6 Å². The van der Waals surface area contributed by atoms with Crippen LogP contribution in [0, 0.1) is 0 Å². The number of hydrogen-bond acceptors (Lipinski definition) is 3. The summed E-state index contributed by atoms with van der Waals surface area (Å²) in [5.74, 6) is 1.62. The second kappa shape index (κ2) is 4.19. The van der Waals surface area contributed by atoms with Gasteiger partial charge >= 0.3 is 0 Å². The highest BCUT2D eigenvalue weighted by molar-refractivity contribution is 9.10. The zero-order valence-corrected chi connectivity index (χ0v) is 8.92. The van der Waals surface area contributed by atoms with E-state index in [-0.39, 0.29) is 0 Å². The fourth-order valence-corrected chi connectivity index (χ4v) is 1.48. The van der Waals surface area contributed by atoms with Crippen LogP contribution < -0.4 is 3.93 Å². The topological polar surface area (TPSA) is 29.0 Å². The molecule has 0 aliphatic rings. The average Bonchev–Trinajstić information content (AvgIpc) is 2.30. The molecule has 0 aliphatic heterocycles. The van der Waals surface area contributed by atoms with Gasteiger partial charge in [-0.05, 0) is 24.3 Å². The van der Waals surface area contributed by atoms with E-state index >= 15 is 0 Å². The molecular weight excluding hydrogens is 242 g/mol. The summed E-state index contributed by atoms with van der Waals surface area (Å²) in [7, 11) is 0. The predicted octanol–water partition coefficient (Wildman–Crippen LogP) is 2.92. The van der Waals surface area contributed by atoms with Crippen molar-refractivity contribution in [2.45, 2.75) is 0 Å². The Balaban J connectivity index is 2.30. The minimum Gasteiger partial charge on any atom is -0.243 e. The van der Waals surface area contributed by atoms with Crippen molar-refractivity contribution in [1.29, 1.82) is 0 Å². The van der Waals surface area contributed by atoms with Crippen LogP contribution in [0.2, 0.25) is 0 Å². The summed E-state index contributed by atoms with van der Waals surface area (Å²) in [6.07, 6.45) is 3.49. The lowest BCUT2D eigenvalue weighted by Gasteiger charge is -2.12. The van der Waals surface area contributed by atoms with Crippen LogP contribution in [0.25, 0.3) is 0 Å². The molecule has 4 heteroatoms. The molecule has 0 bridgehead atoms. The summed E-state index contributed by atoms with van der Waals surface area (Å²) >= 11 is 3.40. The normalized spacial score (nSPS) is 9.79. The highest BCUT2D eigenvalue weighted by Gasteiger charge is 2.05. The molecule has 2 aromatic heterocycles. The molecular formula is C10H8BrN3. The molecule has 0 N–H and O–H groups in total. The van der Waals surface area contributed by atoms with Crippen LogP contribution in [0.5, 0.6) is 0 Å². The van der Waals surface area contributed by atoms with E-state index < -0.39 is 0 Å². The zero-order valence-electron chi connectivity index (χ0n) is 7.34. The Morgan fingerprint density at radius 2 is 1.36 bits per heavy atom. The molecule has 2 rings (SSSR count). The maximum Gasteiger partial charge on any atom is 0.144 e. The first kappa shape index (κ1) is 9.15. The van der Waals surface area contributed by atoms with Gasteiger partial charge in [0.15, 0.2) is 0 Å². The molecule has 0 aromatic carbocycles. The van der Waals surface area contributed by atoms with Gasteiger partial charge < -0.3 is 0 Å². The number of anilines is 2. The molecule has 3 nitrogen and oxygen atoms in total. The van der Waals surface area contributed by atoms with E-state index in [9.17, 15) is 0 Å². The molecule has 0 radical (unpaired) electrons. The van der Waals surface area contributed by atoms with Crippen molar-refractivity contribution in [3.05, 3.63) is 48.8 Å². The number of nitrogens with zero attached hydrogens (tertiary/aromatic N) is 3. The zero-order chi connectivity index (χ0) is 9.80. The van der Waals surface area contributed by atoms with Gasteiger partial charge in [0.2, 0.25) is 0 Å². The third kappa shape index (κ3) is 1.90. The standard InChI is InChI=1S/C10H8BrN3/c11-14(9-5-1-3-7-12-9)10-6-2-4-8-13-10/h1-8H. The summed E-state index contributed by atoms with van der Waals surface area (Å²) in [5, 5.41) is 0. The van der Waals surface area contributed by atoms with E-state index in [1.54, 1.807) is 16.3 Å². The number of hydrogen-bond donors (Lipinski definition) is 0. The van der Waals surface area contributed by atoms with Gasteiger partial charge in [0.1, 0.15) is 11.6 Å². The second-order valence-electron chi connectivity index (χ2n) is 2.66. The van der Waals surface area contributed by atoms with Crippen LogP contribution in [0.4, 0.5) is 11.6 Å². The van der Waals surface area contributed by atoms with Crippen molar-refractivity contribution in [2.24, 2.45) is 0 Å². The fraction of sp³-hybridized carbons (Fsp3) is 0. The van der Waals surface area contributed by atoms with E-state index in [1.807, 2.05) is 36.4 Å². The van der Waals surface area contributed by atoms with Crippen LogP contribution in [0.3, 0.4) is 0 Å². The Kier molecular flexibility index (Phi) is 2.74. The van der Waals surface area contributed by atoms with E-state index in [1.165, 1.54) is 0 Å². The molecule has 0 amide bonds. The summed E-state index contributed by atoms with van der Waals surface area (Å²) in [5.41, 5.74) is 0. The van der Waals surface area contributed by atoms with Crippen LogP contribution in [0.1, 0.15) is 0 Å². The smallest absolute Gasteiger partial charge is 0.144 e. The molecule has 0 atom stereocenters. The minimum atomic E-state index is 0.811. The van der Waals surface area contributed by atoms with Crippen molar-refractivity contribution in [3.63, 3.8) is 0 Å². The maximum atomic E-state index is 4.19. The van der Waals surface area contributed by atoms with E-state index in [4.69, 9.17) is 0 Å². The van der Waals surface area contributed by atoms with Gasteiger partial charge in [-0.15, -0.1) is 0 Å².